The summed E-state index contributed by atoms with van der Waals surface area (Å²) < 4.78 is 32.1. The first kappa shape index (κ1) is 20.4. The van der Waals surface area contributed by atoms with E-state index in [1.165, 1.54) is 0 Å². The van der Waals surface area contributed by atoms with Gasteiger partial charge in [0.05, 0.1) is 22.1 Å². The summed E-state index contributed by atoms with van der Waals surface area (Å²) in [6, 6.07) is 9.69. The van der Waals surface area contributed by atoms with Gasteiger partial charge in [0, 0.05) is 12.1 Å². The van der Waals surface area contributed by atoms with Crippen LogP contribution in [0.3, 0.4) is 0 Å². The molecule has 0 radical (unpaired) electrons. The Bertz CT molecular complexity index is 934. The van der Waals surface area contributed by atoms with Crippen LogP contribution < -0.4 is 4.31 Å². The number of aryl methyl sites for hydroxylation is 2. The molecular weight excluding hydrogens is 372 g/mol. The average Bonchev–Trinajstić information content (AvgIpc) is 2.59. The summed E-state index contributed by atoms with van der Waals surface area (Å²) in [6.45, 7) is 4.88. The van der Waals surface area contributed by atoms with E-state index in [1.807, 2.05) is 19.9 Å². The summed E-state index contributed by atoms with van der Waals surface area (Å²) in [5.74, 6) is -0.692. The summed E-state index contributed by atoms with van der Waals surface area (Å²) in [5.41, 5.74) is 1.76. The minimum absolute atomic E-state index is 0.122. The van der Waals surface area contributed by atoms with Gasteiger partial charge in [-0.15, -0.1) is 0 Å². The molecule has 0 saturated heterocycles. The van der Waals surface area contributed by atoms with Crippen molar-refractivity contribution in [3.05, 3.63) is 63.7 Å². The number of rotatable bonds is 7. The van der Waals surface area contributed by atoms with Gasteiger partial charge in [-0.25, -0.2) is 8.42 Å². The molecule has 27 heavy (non-hydrogen) atoms. The number of sulfonamides is 1. The summed E-state index contributed by atoms with van der Waals surface area (Å²) in [6.07, 6.45) is 0. The number of nitrogens with zero attached hydrogens (tertiary/aromatic N) is 2. The number of nitro benzene ring substituents is 1. The van der Waals surface area contributed by atoms with Crippen LogP contribution in [-0.2, 0) is 19.6 Å². The highest BCUT2D eigenvalue weighted by Crippen LogP contribution is 2.27. The number of carbonyl (C=O) groups is 1. The lowest BCUT2D eigenvalue weighted by molar-refractivity contribution is -0.384. The zero-order valence-corrected chi connectivity index (χ0v) is 16.0. The highest BCUT2D eigenvalue weighted by atomic mass is 32.2. The molecular formula is C18H20N2O6S. The highest BCUT2D eigenvalue weighted by molar-refractivity contribution is 7.92. The second-order valence-electron chi connectivity index (χ2n) is 5.91. The fraction of sp³-hybridized carbons (Fsp3) is 0.278. The summed E-state index contributed by atoms with van der Waals surface area (Å²) in [4.78, 5) is 22.0. The van der Waals surface area contributed by atoms with Crippen LogP contribution in [0.15, 0.2) is 47.4 Å². The van der Waals surface area contributed by atoms with E-state index in [1.54, 1.807) is 19.1 Å². The molecule has 0 N–H and O–H groups in total. The van der Waals surface area contributed by atoms with Gasteiger partial charge in [-0.3, -0.25) is 19.2 Å². The quantitative estimate of drug-likeness (QED) is 0.407. The number of hydrogen-bond donors (Lipinski definition) is 0. The third kappa shape index (κ3) is 4.82. The average molecular weight is 392 g/mol. The molecule has 0 atom stereocenters. The zero-order chi connectivity index (χ0) is 20.2. The Hall–Kier alpha value is -2.94. The van der Waals surface area contributed by atoms with Crippen LogP contribution in [0.5, 0.6) is 0 Å². The number of nitro groups is 1. The third-order valence-corrected chi connectivity index (χ3v) is 5.50. The number of hydrogen-bond acceptors (Lipinski definition) is 6. The predicted octanol–water partition coefficient (Wildman–Crippen LogP) is 2.97. The number of ether oxygens (including phenoxy) is 1. The number of anilines is 1. The second kappa shape index (κ2) is 8.17. The Balaban J connectivity index is 2.53. The number of esters is 1. The van der Waals surface area contributed by atoms with Gasteiger partial charge in [0.1, 0.15) is 6.54 Å². The summed E-state index contributed by atoms with van der Waals surface area (Å²) >= 11 is 0. The van der Waals surface area contributed by atoms with Crippen LogP contribution in [0.25, 0.3) is 0 Å². The molecule has 2 aromatic rings. The molecule has 0 amide bonds. The molecule has 2 rings (SSSR count). The molecule has 0 aliphatic carbocycles. The molecule has 0 fully saturated rings. The SMILES string of the molecule is CCOC(=O)CN(c1cc(C)cc(C)c1)S(=O)(=O)c1ccc([N+](=O)[O-])cc1. The molecule has 0 spiro atoms. The van der Waals surface area contributed by atoms with Gasteiger partial charge in [-0.1, -0.05) is 6.07 Å². The van der Waals surface area contributed by atoms with Gasteiger partial charge >= 0.3 is 5.97 Å². The molecule has 0 bridgehead atoms. The van der Waals surface area contributed by atoms with Gasteiger partial charge < -0.3 is 4.74 Å². The van der Waals surface area contributed by atoms with Crippen molar-refractivity contribution in [3.63, 3.8) is 0 Å². The van der Waals surface area contributed by atoms with Crippen molar-refractivity contribution in [1.82, 2.24) is 0 Å². The van der Waals surface area contributed by atoms with Gasteiger partial charge in [-0.05, 0) is 56.2 Å². The molecule has 2 aromatic carbocycles. The molecule has 9 heteroatoms. The first-order chi connectivity index (χ1) is 12.6. The van der Waals surface area contributed by atoms with Crippen LogP contribution in [0.4, 0.5) is 11.4 Å². The Kier molecular flexibility index (Phi) is 6.17. The predicted molar refractivity (Wildman–Crippen MR) is 100 cm³/mol. The summed E-state index contributed by atoms with van der Waals surface area (Å²) in [5, 5.41) is 10.8. The van der Waals surface area contributed by atoms with E-state index >= 15 is 0 Å². The van der Waals surface area contributed by atoms with E-state index in [2.05, 4.69) is 0 Å². The smallest absolute Gasteiger partial charge is 0.326 e. The van der Waals surface area contributed by atoms with Crippen LogP contribution in [0, 0.1) is 24.0 Å². The third-order valence-electron chi connectivity index (χ3n) is 3.71. The normalized spacial score (nSPS) is 11.1. The van der Waals surface area contributed by atoms with Crippen LogP contribution in [0.1, 0.15) is 18.1 Å². The lowest BCUT2D eigenvalue weighted by Gasteiger charge is -2.24. The first-order valence-electron chi connectivity index (χ1n) is 8.16. The van der Waals surface area contributed by atoms with E-state index in [4.69, 9.17) is 4.74 Å². The van der Waals surface area contributed by atoms with E-state index in [9.17, 15) is 23.3 Å². The second-order valence-corrected chi connectivity index (χ2v) is 7.78. The lowest BCUT2D eigenvalue weighted by atomic mass is 10.1. The molecule has 144 valence electrons. The van der Waals surface area contributed by atoms with Gasteiger partial charge in [0.25, 0.3) is 15.7 Å². The monoisotopic (exact) mass is 392 g/mol. The Morgan fingerprint density at radius 1 is 1.11 bits per heavy atom. The van der Waals surface area contributed by atoms with Gasteiger partial charge in [0.15, 0.2) is 0 Å². The van der Waals surface area contributed by atoms with Crippen LogP contribution >= 0.6 is 0 Å². The van der Waals surface area contributed by atoms with E-state index in [-0.39, 0.29) is 17.2 Å². The highest BCUT2D eigenvalue weighted by Gasteiger charge is 2.28. The minimum Gasteiger partial charge on any atom is -0.465 e. The van der Waals surface area contributed by atoms with Gasteiger partial charge in [0.2, 0.25) is 0 Å². The number of non-ortho nitro benzene ring substituents is 1. The van der Waals surface area contributed by atoms with Crippen molar-refractivity contribution < 1.29 is 22.9 Å². The molecule has 0 saturated carbocycles. The Morgan fingerprint density at radius 3 is 2.15 bits per heavy atom. The van der Waals surface area contributed by atoms with E-state index in [0.29, 0.717) is 5.69 Å². The number of benzene rings is 2. The van der Waals surface area contributed by atoms with Crippen LogP contribution in [-0.4, -0.2) is 32.5 Å². The Labute approximate surface area is 157 Å². The van der Waals surface area contributed by atoms with E-state index in [0.717, 1.165) is 39.7 Å². The van der Waals surface area contributed by atoms with Crippen molar-refractivity contribution in [1.29, 1.82) is 0 Å². The van der Waals surface area contributed by atoms with E-state index < -0.39 is 27.5 Å². The van der Waals surface area contributed by atoms with Crippen molar-refractivity contribution in [2.24, 2.45) is 0 Å². The van der Waals surface area contributed by atoms with Crippen molar-refractivity contribution in [3.8, 4) is 0 Å². The molecule has 0 aliphatic rings. The maximum Gasteiger partial charge on any atom is 0.326 e. The Morgan fingerprint density at radius 2 is 1.67 bits per heavy atom. The minimum atomic E-state index is -4.13. The van der Waals surface area contributed by atoms with Crippen molar-refractivity contribution in [2.75, 3.05) is 17.5 Å². The maximum atomic E-state index is 13.1. The molecule has 0 aromatic heterocycles. The number of carbonyl (C=O) groups excluding carboxylic acids is 1. The van der Waals surface area contributed by atoms with Crippen molar-refractivity contribution in [2.45, 2.75) is 25.7 Å². The standard InChI is InChI=1S/C18H20N2O6S/c1-4-26-18(21)12-19(16-10-13(2)9-14(3)11-16)27(24,25)17-7-5-15(6-8-17)20(22)23/h5-11H,4,12H2,1-3H3. The summed E-state index contributed by atoms with van der Waals surface area (Å²) in [7, 11) is -4.13. The maximum absolute atomic E-state index is 13.1. The molecule has 0 heterocycles. The first-order valence-corrected chi connectivity index (χ1v) is 9.60. The zero-order valence-electron chi connectivity index (χ0n) is 15.2. The topological polar surface area (TPSA) is 107 Å². The largest absolute Gasteiger partial charge is 0.465 e. The fourth-order valence-corrected chi connectivity index (χ4v) is 3.99. The molecule has 0 aliphatic heterocycles. The fourth-order valence-electron chi connectivity index (χ4n) is 2.60. The van der Waals surface area contributed by atoms with Crippen LogP contribution in [0.2, 0.25) is 0 Å². The molecule has 8 nitrogen and oxygen atoms in total. The van der Waals surface area contributed by atoms with Crippen molar-refractivity contribution >= 4 is 27.4 Å². The lowest BCUT2D eigenvalue weighted by Crippen LogP contribution is -2.36. The molecule has 0 unspecified atom stereocenters. The van der Waals surface area contributed by atoms with Gasteiger partial charge in [-0.2, -0.15) is 0 Å².